The second-order valence-corrected chi connectivity index (χ2v) is 5.48. The van der Waals surface area contributed by atoms with Crippen LogP contribution in [0.2, 0.25) is 0 Å². The summed E-state index contributed by atoms with van der Waals surface area (Å²) < 4.78 is 12.3. The summed E-state index contributed by atoms with van der Waals surface area (Å²) in [5, 5.41) is 10.9. The number of methoxy groups -OCH3 is 1. The van der Waals surface area contributed by atoms with Gasteiger partial charge in [0.1, 0.15) is 5.75 Å². The van der Waals surface area contributed by atoms with Crippen molar-refractivity contribution in [1.82, 2.24) is 20.3 Å². The number of hydrogen-bond acceptors (Lipinski definition) is 5. The molecule has 1 fully saturated rings. The summed E-state index contributed by atoms with van der Waals surface area (Å²) in [7, 11) is 1.62. The minimum atomic E-state index is -0.224. The van der Waals surface area contributed by atoms with Crippen LogP contribution >= 0.6 is 0 Å². The molecule has 1 aromatic carbocycles. The normalized spacial score (nSPS) is 17.2. The Bertz CT molecular complexity index is 675. The molecular formula is C16H20N4O3. The summed E-state index contributed by atoms with van der Waals surface area (Å²) >= 11 is 0. The second kappa shape index (κ2) is 6.78. The van der Waals surface area contributed by atoms with E-state index in [9.17, 15) is 4.79 Å². The molecule has 7 heteroatoms. The molecule has 122 valence electrons. The Morgan fingerprint density at radius 1 is 1.43 bits per heavy atom. The van der Waals surface area contributed by atoms with Gasteiger partial charge < -0.3 is 14.8 Å². The predicted octanol–water partition coefficient (Wildman–Crippen LogP) is 1.49. The van der Waals surface area contributed by atoms with Gasteiger partial charge in [0.05, 0.1) is 24.6 Å². The standard InChI is InChI=1S/C16H20N4O3/c1-11-15(16(21)17-10-14-4-3-9-23-14)18-19-20(11)12-5-7-13(22-2)8-6-12/h5-8,14H,3-4,9-10H2,1-2H3,(H,17,21)/t14-/m0/s1. The predicted molar refractivity (Wildman–Crippen MR) is 84.0 cm³/mol. The smallest absolute Gasteiger partial charge is 0.273 e. The van der Waals surface area contributed by atoms with Crippen LogP contribution in [0.25, 0.3) is 5.69 Å². The average molecular weight is 316 g/mol. The van der Waals surface area contributed by atoms with Gasteiger partial charge in [-0.3, -0.25) is 4.79 Å². The summed E-state index contributed by atoms with van der Waals surface area (Å²) in [4.78, 5) is 12.3. The Morgan fingerprint density at radius 3 is 2.87 bits per heavy atom. The fourth-order valence-electron chi connectivity index (χ4n) is 2.60. The summed E-state index contributed by atoms with van der Waals surface area (Å²) in [6.45, 7) is 3.10. The number of nitrogens with zero attached hydrogens (tertiary/aromatic N) is 3. The zero-order valence-electron chi connectivity index (χ0n) is 13.3. The number of rotatable bonds is 5. The molecule has 0 radical (unpaired) electrons. The first-order valence-corrected chi connectivity index (χ1v) is 7.65. The number of carbonyl (C=O) groups is 1. The molecule has 0 unspecified atom stereocenters. The first kappa shape index (κ1) is 15.5. The number of hydrogen-bond donors (Lipinski definition) is 1. The zero-order chi connectivity index (χ0) is 16.2. The van der Waals surface area contributed by atoms with Crippen LogP contribution in [0.5, 0.6) is 5.75 Å². The van der Waals surface area contributed by atoms with Gasteiger partial charge in [-0.25, -0.2) is 4.68 Å². The van der Waals surface area contributed by atoms with Gasteiger partial charge in [-0.1, -0.05) is 5.21 Å². The van der Waals surface area contributed by atoms with Gasteiger partial charge >= 0.3 is 0 Å². The number of amides is 1. The van der Waals surface area contributed by atoms with E-state index in [1.54, 1.807) is 11.8 Å². The van der Waals surface area contributed by atoms with Gasteiger partial charge in [0.15, 0.2) is 5.69 Å². The Morgan fingerprint density at radius 2 is 2.22 bits per heavy atom. The van der Waals surface area contributed by atoms with Gasteiger partial charge in [0.2, 0.25) is 0 Å². The molecule has 1 aromatic heterocycles. The maximum absolute atomic E-state index is 12.3. The average Bonchev–Trinajstić information content (AvgIpc) is 3.22. The molecule has 2 heterocycles. The number of ether oxygens (including phenoxy) is 2. The van der Waals surface area contributed by atoms with E-state index in [2.05, 4.69) is 15.6 Å². The maximum atomic E-state index is 12.3. The molecule has 0 spiro atoms. The van der Waals surface area contributed by atoms with Crippen LogP contribution in [0, 0.1) is 6.92 Å². The molecule has 1 aliphatic rings. The van der Waals surface area contributed by atoms with Crippen LogP contribution < -0.4 is 10.1 Å². The molecule has 2 aromatic rings. The lowest BCUT2D eigenvalue weighted by Crippen LogP contribution is -2.32. The quantitative estimate of drug-likeness (QED) is 0.904. The minimum absolute atomic E-state index is 0.107. The molecule has 1 N–H and O–H groups in total. The maximum Gasteiger partial charge on any atom is 0.273 e. The van der Waals surface area contributed by atoms with E-state index in [1.165, 1.54) is 0 Å². The molecule has 1 amide bonds. The third-order valence-corrected chi connectivity index (χ3v) is 3.94. The van der Waals surface area contributed by atoms with Gasteiger partial charge in [0.25, 0.3) is 5.91 Å². The number of aromatic nitrogens is 3. The van der Waals surface area contributed by atoms with Crippen molar-refractivity contribution >= 4 is 5.91 Å². The van der Waals surface area contributed by atoms with Crippen LogP contribution in [0.3, 0.4) is 0 Å². The van der Waals surface area contributed by atoms with Crippen molar-refractivity contribution in [3.05, 3.63) is 35.7 Å². The van der Waals surface area contributed by atoms with Crippen LogP contribution in [-0.2, 0) is 4.74 Å². The van der Waals surface area contributed by atoms with E-state index in [0.717, 1.165) is 30.9 Å². The SMILES string of the molecule is COc1ccc(-n2nnc(C(=O)NC[C@@H]3CCCO3)c2C)cc1. The molecular weight excluding hydrogens is 296 g/mol. The Labute approximate surface area is 134 Å². The van der Waals surface area contributed by atoms with Crippen molar-refractivity contribution in [2.24, 2.45) is 0 Å². The first-order valence-electron chi connectivity index (χ1n) is 7.65. The zero-order valence-corrected chi connectivity index (χ0v) is 13.3. The van der Waals surface area contributed by atoms with E-state index < -0.39 is 0 Å². The topological polar surface area (TPSA) is 78.3 Å². The lowest BCUT2D eigenvalue weighted by molar-refractivity contribution is 0.0853. The fourth-order valence-corrected chi connectivity index (χ4v) is 2.60. The van der Waals surface area contributed by atoms with Crippen molar-refractivity contribution in [3.63, 3.8) is 0 Å². The highest BCUT2D eigenvalue weighted by molar-refractivity contribution is 5.93. The van der Waals surface area contributed by atoms with Crippen LogP contribution in [0.1, 0.15) is 29.0 Å². The van der Waals surface area contributed by atoms with Gasteiger partial charge in [0, 0.05) is 13.2 Å². The first-order chi connectivity index (χ1) is 11.2. The van der Waals surface area contributed by atoms with E-state index >= 15 is 0 Å². The van der Waals surface area contributed by atoms with E-state index in [0.29, 0.717) is 17.9 Å². The Kier molecular flexibility index (Phi) is 4.57. The highest BCUT2D eigenvalue weighted by Crippen LogP contribution is 2.17. The van der Waals surface area contributed by atoms with Gasteiger partial charge in [-0.2, -0.15) is 0 Å². The van der Waals surface area contributed by atoms with E-state index in [4.69, 9.17) is 9.47 Å². The molecule has 23 heavy (non-hydrogen) atoms. The summed E-state index contributed by atoms with van der Waals surface area (Å²) in [6.07, 6.45) is 2.14. The lowest BCUT2D eigenvalue weighted by atomic mass is 10.2. The van der Waals surface area contributed by atoms with Crippen LogP contribution in [0.4, 0.5) is 0 Å². The summed E-state index contributed by atoms with van der Waals surface area (Å²) in [5.41, 5.74) is 1.85. The highest BCUT2D eigenvalue weighted by atomic mass is 16.5. The van der Waals surface area contributed by atoms with Crippen molar-refractivity contribution < 1.29 is 14.3 Å². The van der Waals surface area contributed by atoms with Crippen molar-refractivity contribution in [2.75, 3.05) is 20.3 Å². The molecule has 1 saturated heterocycles. The number of nitrogens with one attached hydrogen (secondary N) is 1. The highest BCUT2D eigenvalue weighted by Gasteiger charge is 2.20. The largest absolute Gasteiger partial charge is 0.497 e. The van der Waals surface area contributed by atoms with E-state index in [-0.39, 0.29) is 12.0 Å². The van der Waals surface area contributed by atoms with Crippen LogP contribution in [0.15, 0.2) is 24.3 Å². The second-order valence-electron chi connectivity index (χ2n) is 5.48. The number of carbonyl (C=O) groups excluding carboxylic acids is 1. The number of benzene rings is 1. The summed E-state index contributed by atoms with van der Waals surface area (Å²) in [6, 6.07) is 7.42. The van der Waals surface area contributed by atoms with Crippen molar-refractivity contribution in [1.29, 1.82) is 0 Å². The van der Waals surface area contributed by atoms with E-state index in [1.807, 2.05) is 31.2 Å². The Hall–Kier alpha value is -2.41. The van der Waals surface area contributed by atoms with Crippen LogP contribution in [-0.4, -0.2) is 47.3 Å². The molecule has 1 aliphatic heterocycles. The summed E-state index contributed by atoms with van der Waals surface area (Å²) in [5.74, 6) is 0.541. The van der Waals surface area contributed by atoms with Crippen molar-refractivity contribution in [3.8, 4) is 11.4 Å². The fraction of sp³-hybridized carbons (Fsp3) is 0.438. The third-order valence-electron chi connectivity index (χ3n) is 3.94. The monoisotopic (exact) mass is 316 g/mol. The Balaban J connectivity index is 1.71. The van der Waals surface area contributed by atoms with Gasteiger partial charge in [-0.15, -0.1) is 5.10 Å². The molecule has 0 aliphatic carbocycles. The third kappa shape index (κ3) is 3.34. The minimum Gasteiger partial charge on any atom is -0.497 e. The van der Waals surface area contributed by atoms with Crippen molar-refractivity contribution in [2.45, 2.75) is 25.9 Å². The molecule has 7 nitrogen and oxygen atoms in total. The molecule has 0 saturated carbocycles. The molecule has 1 atom stereocenters. The molecule has 0 bridgehead atoms. The lowest BCUT2D eigenvalue weighted by Gasteiger charge is -2.10. The molecule has 3 rings (SSSR count). The van der Waals surface area contributed by atoms with Gasteiger partial charge in [-0.05, 0) is 44.0 Å².